The maximum atomic E-state index is 13.3. The van der Waals surface area contributed by atoms with E-state index in [1.54, 1.807) is 29.2 Å². The van der Waals surface area contributed by atoms with Crippen molar-refractivity contribution in [2.75, 3.05) is 37.7 Å². The van der Waals surface area contributed by atoms with E-state index in [0.717, 1.165) is 11.0 Å². The lowest BCUT2D eigenvalue weighted by molar-refractivity contribution is -0.133. The van der Waals surface area contributed by atoms with E-state index in [0.29, 0.717) is 55.2 Å². The van der Waals surface area contributed by atoms with Crippen LogP contribution in [-0.4, -0.2) is 53.1 Å². The van der Waals surface area contributed by atoms with Crippen molar-refractivity contribution in [1.29, 1.82) is 0 Å². The number of carbonyl (C=O) groups excluding carboxylic acids is 1. The molecule has 1 saturated heterocycles. The summed E-state index contributed by atoms with van der Waals surface area (Å²) < 4.78 is 7.40. The lowest BCUT2D eigenvalue weighted by Gasteiger charge is -2.35. The van der Waals surface area contributed by atoms with Crippen molar-refractivity contribution in [3.63, 3.8) is 0 Å². The Morgan fingerprint density at radius 2 is 1.75 bits per heavy atom. The fourth-order valence-electron chi connectivity index (χ4n) is 3.87. The number of ether oxygens (including phenoxy) is 1. The molecule has 8 heteroatoms. The summed E-state index contributed by atoms with van der Waals surface area (Å²) in [6.07, 6.45) is 0. The van der Waals surface area contributed by atoms with E-state index in [2.05, 4.69) is 18.8 Å². The second kappa shape index (κ2) is 9.61. The van der Waals surface area contributed by atoms with Gasteiger partial charge < -0.3 is 19.1 Å². The fraction of sp³-hybridized carbons (Fsp3) is 0.375. The molecule has 0 bridgehead atoms. The third kappa shape index (κ3) is 4.88. The highest BCUT2D eigenvalue weighted by Crippen LogP contribution is 2.18. The van der Waals surface area contributed by atoms with Crippen LogP contribution in [0.3, 0.4) is 0 Å². The van der Waals surface area contributed by atoms with Gasteiger partial charge in [-0.1, -0.05) is 37.6 Å². The van der Waals surface area contributed by atoms with Crippen LogP contribution in [-0.2, 0) is 11.3 Å². The minimum atomic E-state index is -0.0803. The van der Waals surface area contributed by atoms with Gasteiger partial charge in [0.25, 0.3) is 11.5 Å². The Morgan fingerprint density at radius 3 is 2.44 bits per heavy atom. The standard InChI is InChI=1S/C24H27ClN4O3/c1-17(2)15-29-21-6-4-3-5-20(21)26-23(24(29)31)28-13-11-27(12-14-28)22(30)16-32-19-9-7-18(25)8-10-19/h3-10,17H,11-16H2,1-2H3. The summed E-state index contributed by atoms with van der Waals surface area (Å²) in [5.74, 6) is 1.31. The predicted octanol–water partition coefficient (Wildman–Crippen LogP) is 3.43. The number of halogens is 1. The van der Waals surface area contributed by atoms with Gasteiger partial charge in [-0.25, -0.2) is 4.98 Å². The Hall–Kier alpha value is -3.06. The van der Waals surface area contributed by atoms with Crippen molar-refractivity contribution in [2.45, 2.75) is 20.4 Å². The van der Waals surface area contributed by atoms with Crippen LogP contribution < -0.4 is 15.2 Å². The zero-order valence-electron chi connectivity index (χ0n) is 18.3. The fourth-order valence-corrected chi connectivity index (χ4v) is 3.99. The van der Waals surface area contributed by atoms with E-state index in [1.807, 2.05) is 33.7 Å². The average molecular weight is 455 g/mol. The first kappa shape index (κ1) is 22.1. The third-order valence-corrected chi connectivity index (χ3v) is 5.74. The molecule has 0 spiro atoms. The van der Waals surface area contributed by atoms with E-state index in [1.165, 1.54) is 0 Å². The van der Waals surface area contributed by atoms with Crippen LogP contribution in [0.25, 0.3) is 11.0 Å². The number of anilines is 1. The second-order valence-corrected chi connectivity index (χ2v) is 8.78. The summed E-state index contributed by atoms with van der Waals surface area (Å²) in [6.45, 7) is 6.92. The van der Waals surface area contributed by atoms with Gasteiger partial charge in [-0.05, 0) is 42.3 Å². The van der Waals surface area contributed by atoms with Gasteiger partial charge in [0.2, 0.25) is 0 Å². The van der Waals surface area contributed by atoms with Gasteiger partial charge in [0, 0.05) is 37.7 Å². The molecule has 0 saturated carbocycles. The number of aromatic nitrogens is 2. The van der Waals surface area contributed by atoms with Crippen LogP contribution in [0, 0.1) is 5.92 Å². The molecule has 0 radical (unpaired) electrons. The van der Waals surface area contributed by atoms with Gasteiger partial charge in [0.15, 0.2) is 12.4 Å². The summed E-state index contributed by atoms with van der Waals surface area (Å²) in [4.78, 5) is 34.3. The van der Waals surface area contributed by atoms with Crippen molar-refractivity contribution in [3.8, 4) is 5.75 Å². The van der Waals surface area contributed by atoms with E-state index in [9.17, 15) is 9.59 Å². The highest BCUT2D eigenvalue weighted by molar-refractivity contribution is 6.30. The Kier molecular flexibility index (Phi) is 6.65. The number of para-hydroxylation sites is 2. The Bertz CT molecular complexity index is 1150. The van der Waals surface area contributed by atoms with Crippen LogP contribution in [0.1, 0.15) is 13.8 Å². The molecule has 1 aliphatic rings. The van der Waals surface area contributed by atoms with Crippen molar-refractivity contribution in [2.24, 2.45) is 5.92 Å². The molecule has 1 aromatic heterocycles. The van der Waals surface area contributed by atoms with Gasteiger partial charge in [-0.2, -0.15) is 0 Å². The summed E-state index contributed by atoms with van der Waals surface area (Å²) in [7, 11) is 0. The molecule has 2 aromatic carbocycles. The molecule has 1 aliphatic heterocycles. The van der Waals surface area contributed by atoms with Crippen molar-refractivity contribution >= 4 is 34.4 Å². The van der Waals surface area contributed by atoms with Crippen LogP contribution in [0.15, 0.2) is 53.3 Å². The number of amides is 1. The molecule has 3 aromatic rings. The van der Waals surface area contributed by atoms with Gasteiger partial charge >= 0.3 is 0 Å². The van der Waals surface area contributed by atoms with E-state index < -0.39 is 0 Å². The topological polar surface area (TPSA) is 67.7 Å². The normalized spacial score (nSPS) is 14.2. The second-order valence-electron chi connectivity index (χ2n) is 8.34. The summed E-state index contributed by atoms with van der Waals surface area (Å²) in [5.41, 5.74) is 1.57. The molecular formula is C24H27ClN4O3. The predicted molar refractivity (Wildman–Crippen MR) is 127 cm³/mol. The highest BCUT2D eigenvalue weighted by Gasteiger charge is 2.25. The molecule has 1 amide bonds. The maximum absolute atomic E-state index is 13.3. The smallest absolute Gasteiger partial charge is 0.294 e. The molecule has 2 heterocycles. The maximum Gasteiger partial charge on any atom is 0.294 e. The molecule has 0 N–H and O–H groups in total. The van der Waals surface area contributed by atoms with Gasteiger partial charge in [-0.3, -0.25) is 9.59 Å². The van der Waals surface area contributed by atoms with Crippen molar-refractivity contribution < 1.29 is 9.53 Å². The lowest BCUT2D eigenvalue weighted by atomic mass is 10.2. The van der Waals surface area contributed by atoms with Crippen LogP contribution in [0.2, 0.25) is 5.02 Å². The summed E-state index contributed by atoms with van der Waals surface area (Å²) in [6, 6.07) is 14.7. The first-order valence-electron chi connectivity index (χ1n) is 10.8. The Labute approximate surface area is 192 Å². The molecule has 4 rings (SSSR count). The lowest BCUT2D eigenvalue weighted by Crippen LogP contribution is -2.51. The number of hydrogen-bond donors (Lipinski definition) is 0. The zero-order chi connectivity index (χ0) is 22.7. The third-order valence-electron chi connectivity index (χ3n) is 5.49. The molecule has 0 atom stereocenters. The molecule has 7 nitrogen and oxygen atoms in total. The Morgan fingerprint density at radius 1 is 1.06 bits per heavy atom. The van der Waals surface area contributed by atoms with E-state index >= 15 is 0 Å². The number of hydrogen-bond acceptors (Lipinski definition) is 5. The summed E-state index contributed by atoms with van der Waals surface area (Å²) in [5, 5.41) is 0.620. The zero-order valence-corrected chi connectivity index (χ0v) is 19.1. The van der Waals surface area contributed by atoms with E-state index in [4.69, 9.17) is 16.3 Å². The number of carbonyl (C=O) groups is 1. The average Bonchev–Trinajstić information content (AvgIpc) is 2.80. The minimum Gasteiger partial charge on any atom is -0.484 e. The monoisotopic (exact) mass is 454 g/mol. The van der Waals surface area contributed by atoms with Gasteiger partial charge in [0.1, 0.15) is 5.75 Å². The SMILES string of the molecule is CC(C)Cn1c(=O)c(N2CCN(C(=O)COc3ccc(Cl)cc3)CC2)nc2ccccc21. The quantitative estimate of drug-likeness (QED) is 0.570. The van der Waals surface area contributed by atoms with Crippen LogP contribution >= 0.6 is 11.6 Å². The first-order valence-corrected chi connectivity index (χ1v) is 11.2. The van der Waals surface area contributed by atoms with Crippen molar-refractivity contribution in [3.05, 3.63) is 63.9 Å². The van der Waals surface area contributed by atoms with Gasteiger partial charge in [-0.15, -0.1) is 0 Å². The number of benzene rings is 2. The Balaban J connectivity index is 1.44. The molecule has 0 aliphatic carbocycles. The van der Waals surface area contributed by atoms with Crippen LogP contribution in [0.5, 0.6) is 5.75 Å². The number of fused-ring (bicyclic) bond motifs is 1. The largest absolute Gasteiger partial charge is 0.484 e. The van der Waals surface area contributed by atoms with Gasteiger partial charge in [0.05, 0.1) is 11.0 Å². The first-order chi connectivity index (χ1) is 15.4. The highest BCUT2D eigenvalue weighted by atomic mass is 35.5. The van der Waals surface area contributed by atoms with E-state index in [-0.39, 0.29) is 18.1 Å². The molecule has 32 heavy (non-hydrogen) atoms. The minimum absolute atomic E-state index is 0.0307. The molecule has 1 fully saturated rings. The molecule has 168 valence electrons. The summed E-state index contributed by atoms with van der Waals surface area (Å²) >= 11 is 5.87. The molecule has 0 unspecified atom stereocenters. The van der Waals surface area contributed by atoms with Crippen molar-refractivity contribution in [1.82, 2.24) is 14.5 Å². The molecular weight excluding hydrogens is 428 g/mol. The number of piperazine rings is 1. The van der Waals surface area contributed by atoms with Crippen LogP contribution in [0.4, 0.5) is 5.82 Å². The number of nitrogens with zero attached hydrogens (tertiary/aromatic N) is 4. The number of rotatable bonds is 6.